The first-order chi connectivity index (χ1) is 9.70. The lowest BCUT2D eigenvalue weighted by Crippen LogP contribution is -2.19. The zero-order chi connectivity index (χ0) is 13.9. The molecule has 3 N–H and O–H groups in total. The Morgan fingerprint density at radius 3 is 2.40 bits per heavy atom. The van der Waals surface area contributed by atoms with Crippen LogP contribution in [0.3, 0.4) is 0 Å². The molecule has 0 aliphatic carbocycles. The molecule has 0 aromatic heterocycles. The lowest BCUT2D eigenvalue weighted by atomic mass is 10.1. The minimum absolute atomic E-state index is 0.162. The van der Waals surface area contributed by atoms with Crippen molar-refractivity contribution in [1.29, 1.82) is 0 Å². The molecular weight excluding hydrogens is 256 g/mol. The van der Waals surface area contributed by atoms with Gasteiger partial charge >= 0.3 is 6.03 Å². The number of phenols is 1. The van der Waals surface area contributed by atoms with Crippen molar-refractivity contribution in [1.82, 2.24) is 0 Å². The van der Waals surface area contributed by atoms with Crippen LogP contribution in [-0.4, -0.2) is 11.1 Å². The van der Waals surface area contributed by atoms with Crippen LogP contribution in [-0.2, 0) is 18.0 Å². The predicted octanol–water partition coefficient (Wildman–Crippen LogP) is 3.07. The number of anilines is 2. The predicted molar refractivity (Wildman–Crippen MR) is 75.7 cm³/mol. The molecule has 0 saturated carbocycles. The molecule has 2 aromatic carbocycles. The van der Waals surface area contributed by atoms with Gasteiger partial charge in [0.05, 0.1) is 13.2 Å². The van der Waals surface area contributed by atoms with Gasteiger partial charge in [-0.3, -0.25) is 0 Å². The van der Waals surface area contributed by atoms with Gasteiger partial charge in [-0.25, -0.2) is 4.79 Å². The molecule has 5 nitrogen and oxygen atoms in total. The fourth-order valence-electron chi connectivity index (χ4n) is 2.09. The van der Waals surface area contributed by atoms with Crippen LogP contribution in [0.25, 0.3) is 0 Å². The zero-order valence-corrected chi connectivity index (χ0v) is 10.7. The maximum Gasteiger partial charge on any atom is 0.323 e. The van der Waals surface area contributed by atoms with Crippen LogP contribution in [0.5, 0.6) is 5.75 Å². The Bertz CT molecular complexity index is 638. The summed E-state index contributed by atoms with van der Waals surface area (Å²) in [5.41, 5.74) is 3.61. The van der Waals surface area contributed by atoms with Crippen LogP contribution in [0.1, 0.15) is 11.1 Å². The zero-order valence-electron chi connectivity index (χ0n) is 10.7. The fraction of sp³-hybridized carbons (Fsp3) is 0.133. The molecule has 0 atom stereocenters. The van der Waals surface area contributed by atoms with Crippen molar-refractivity contribution < 1.29 is 14.6 Å². The monoisotopic (exact) mass is 270 g/mol. The van der Waals surface area contributed by atoms with Crippen molar-refractivity contribution in [2.24, 2.45) is 0 Å². The molecule has 0 unspecified atom stereocenters. The Morgan fingerprint density at radius 2 is 1.60 bits per heavy atom. The minimum atomic E-state index is -0.324. The highest BCUT2D eigenvalue weighted by Crippen LogP contribution is 2.23. The van der Waals surface area contributed by atoms with E-state index < -0.39 is 0 Å². The van der Waals surface area contributed by atoms with Crippen molar-refractivity contribution in [3.63, 3.8) is 0 Å². The quantitative estimate of drug-likeness (QED) is 0.734. The summed E-state index contributed by atoms with van der Waals surface area (Å²) >= 11 is 0. The number of ether oxygens (including phenoxy) is 1. The molecule has 0 radical (unpaired) electrons. The summed E-state index contributed by atoms with van der Waals surface area (Å²) in [6, 6.07) is 11.7. The third-order valence-corrected chi connectivity index (χ3v) is 3.10. The van der Waals surface area contributed by atoms with E-state index in [0.29, 0.717) is 18.9 Å². The van der Waals surface area contributed by atoms with Gasteiger partial charge in [-0.05, 0) is 47.5 Å². The van der Waals surface area contributed by atoms with Gasteiger partial charge in [-0.2, -0.15) is 0 Å². The summed E-state index contributed by atoms with van der Waals surface area (Å²) in [5, 5.41) is 14.6. The van der Waals surface area contributed by atoms with Gasteiger partial charge in [-0.15, -0.1) is 0 Å². The summed E-state index contributed by atoms with van der Waals surface area (Å²) in [7, 11) is 0. The van der Waals surface area contributed by atoms with E-state index in [-0.39, 0.29) is 11.8 Å². The smallest absolute Gasteiger partial charge is 0.323 e. The van der Waals surface area contributed by atoms with Crippen molar-refractivity contribution >= 4 is 17.4 Å². The van der Waals surface area contributed by atoms with E-state index in [0.717, 1.165) is 16.8 Å². The Morgan fingerprint density at radius 1 is 0.950 bits per heavy atom. The lowest BCUT2D eigenvalue weighted by molar-refractivity contribution is 0.134. The van der Waals surface area contributed by atoms with E-state index in [4.69, 9.17) is 4.74 Å². The number of phenolic OH excluding ortho intramolecular Hbond substituents is 1. The van der Waals surface area contributed by atoms with Crippen molar-refractivity contribution in [2.75, 3.05) is 10.6 Å². The summed E-state index contributed by atoms with van der Waals surface area (Å²) in [6.07, 6.45) is 0. The van der Waals surface area contributed by atoms with E-state index in [2.05, 4.69) is 10.6 Å². The van der Waals surface area contributed by atoms with E-state index in [9.17, 15) is 9.90 Å². The Balaban J connectivity index is 1.65. The van der Waals surface area contributed by atoms with Crippen LogP contribution in [0.2, 0.25) is 0 Å². The third kappa shape index (κ3) is 2.73. The Hall–Kier alpha value is -2.53. The number of carbonyl (C=O) groups excluding carboxylic acids is 1. The van der Waals surface area contributed by atoms with Crippen molar-refractivity contribution in [3.8, 4) is 5.75 Å². The topological polar surface area (TPSA) is 70.6 Å². The van der Waals surface area contributed by atoms with Crippen LogP contribution in [0.15, 0.2) is 42.5 Å². The molecule has 0 saturated heterocycles. The second-order valence-electron chi connectivity index (χ2n) is 4.60. The second-order valence-corrected chi connectivity index (χ2v) is 4.60. The molecule has 2 amide bonds. The molecule has 20 heavy (non-hydrogen) atoms. The molecule has 2 aromatic rings. The molecule has 0 bridgehead atoms. The van der Waals surface area contributed by atoms with Gasteiger partial charge < -0.3 is 20.5 Å². The number of benzene rings is 2. The Kier molecular flexibility index (Phi) is 3.26. The maximum absolute atomic E-state index is 11.9. The average Bonchev–Trinajstić information content (AvgIpc) is 2.89. The molecule has 5 heteroatoms. The summed E-state index contributed by atoms with van der Waals surface area (Å²) in [4.78, 5) is 11.9. The minimum Gasteiger partial charge on any atom is -0.508 e. The number of rotatable bonds is 2. The van der Waals surface area contributed by atoms with Crippen LogP contribution in [0.4, 0.5) is 16.2 Å². The molecule has 3 rings (SSSR count). The normalized spacial score (nSPS) is 12.8. The highest BCUT2D eigenvalue weighted by Gasteiger charge is 2.12. The Labute approximate surface area is 116 Å². The van der Waals surface area contributed by atoms with Crippen LogP contribution >= 0.6 is 0 Å². The number of aromatic hydroxyl groups is 1. The van der Waals surface area contributed by atoms with E-state index in [1.54, 1.807) is 12.1 Å². The molecule has 0 spiro atoms. The molecule has 0 fully saturated rings. The first kappa shape index (κ1) is 12.5. The highest BCUT2D eigenvalue weighted by atomic mass is 16.5. The summed E-state index contributed by atoms with van der Waals surface area (Å²) < 4.78 is 5.33. The average molecular weight is 270 g/mol. The van der Waals surface area contributed by atoms with Crippen LogP contribution in [0, 0.1) is 0 Å². The molecule has 1 aliphatic heterocycles. The van der Waals surface area contributed by atoms with E-state index in [1.165, 1.54) is 12.1 Å². The SMILES string of the molecule is O=C(Nc1ccc(O)cc1)Nc1ccc2c(c1)COC2. The maximum atomic E-state index is 11.9. The number of hydrogen-bond donors (Lipinski definition) is 3. The van der Waals surface area contributed by atoms with E-state index >= 15 is 0 Å². The first-order valence-electron chi connectivity index (χ1n) is 6.27. The second kappa shape index (κ2) is 5.22. The van der Waals surface area contributed by atoms with Gasteiger partial charge in [0.1, 0.15) is 5.75 Å². The first-order valence-corrected chi connectivity index (χ1v) is 6.27. The molecule has 1 heterocycles. The number of amides is 2. The largest absolute Gasteiger partial charge is 0.508 e. The van der Waals surface area contributed by atoms with Gasteiger partial charge in [0.25, 0.3) is 0 Å². The van der Waals surface area contributed by atoms with Gasteiger partial charge in [0.2, 0.25) is 0 Å². The van der Waals surface area contributed by atoms with Gasteiger partial charge in [-0.1, -0.05) is 6.07 Å². The van der Waals surface area contributed by atoms with Crippen LogP contribution < -0.4 is 10.6 Å². The standard InChI is InChI=1S/C15H14N2O3/c18-14-5-3-12(4-6-14)16-15(19)17-13-2-1-10-8-20-9-11(10)7-13/h1-7,18H,8-9H2,(H2,16,17,19). The summed E-state index contributed by atoms with van der Waals surface area (Å²) in [5.74, 6) is 0.162. The number of nitrogens with one attached hydrogen (secondary N) is 2. The molecular formula is C15H14N2O3. The van der Waals surface area contributed by atoms with Crippen molar-refractivity contribution in [3.05, 3.63) is 53.6 Å². The molecule has 1 aliphatic rings. The fourth-order valence-corrected chi connectivity index (χ4v) is 2.09. The van der Waals surface area contributed by atoms with Gasteiger partial charge in [0.15, 0.2) is 0 Å². The molecule has 102 valence electrons. The van der Waals surface area contributed by atoms with Crippen molar-refractivity contribution in [2.45, 2.75) is 13.2 Å². The number of urea groups is 1. The number of fused-ring (bicyclic) bond motifs is 1. The third-order valence-electron chi connectivity index (χ3n) is 3.10. The number of hydrogen-bond acceptors (Lipinski definition) is 3. The van der Waals surface area contributed by atoms with E-state index in [1.807, 2.05) is 18.2 Å². The van der Waals surface area contributed by atoms with Gasteiger partial charge in [0, 0.05) is 11.4 Å². The lowest BCUT2D eigenvalue weighted by Gasteiger charge is -2.08. The number of carbonyl (C=O) groups is 1. The highest BCUT2D eigenvalue weighted by molar-refractivity contribution is 5.99. The summed E-state index contributed by atoms with van der Waals surface area (Å²) in [6.45, 7) is 1.22.